The van der Waals surface area contributed by atoms with E-state index in [1.807, 2.05) is 20.8 Å². The van der Waals surface area contributed by atoms with Crippen LogP contribution in [-0.2, 0) is 14.2 Å². The van der Waals surface area contributed by atoms with Crippen molar-refractivity contribution < 1.29 is 19.0 Å². The quantitative estimate of drug-likeness (QED) is 0.536. The van der Waals surface area contributed by atoms with Gasteiger partial charge in [0, 0.05) is 12.4 Å². The topological polar surface area (TPSA) is 48.0 Å². The van der Waals surface area contributed by atoms with Crippen LogP contribution in [0.5, 0.6) is 0 Å². The highest BCUT2D eigenvalue weighted by Crippen LogP contribution is 2.20. The van der Waals surface area contributed by atoms with Crippen LogP contribution < -0.4 is 0 Å². The van der Waals surface area contributed by atoms with Crippen LogP contribution in [0.2, 0.25) is 0 Å². The van der Waals surface area contributed by atoms with Gasteiger partial charge in [-0.1, -0.05) is 0 Å². The Kier molecular flexibility index (Phi) is 7.62. The summed E-state index contributed by atoms with van der Waals surface area (Å²) in [5.41, 5.74) is -0.458. The summed E-state index contributed by atoms with van der Waals surface area (Å²) < 4.78 is 16.2. The summed E-state index contributed by atoms with van der Waals surface area (Å²) in [4.78, 5) is 13.8. The van der Waals surface area contributed by atoms with Crippen molar-refractivity contribution in [1.82, 2.24) is 4.90 Å². The molecule has 1 amide bonds. The van der Waals surface area contributed by atoms with Gasteiger partial charge >= 0.3 is 6.09 Å². The minimum Gasteiger partial charge on any atom is -0.444 e. The number of carbonyl (C=O) groups excluding carboxylic acids is 1. The molecule has 5 nitrogen and oxygen atoms in total. The summed E-state index contributed by atoms with van der Waals surface area (Å²) in [6.45, 7) is 8.50. The van der Waals surface area contributed by atoms with Crippen molar-refractivity contribution in [2.75, 3.05) is 38.9 Å². The van der Waals surface area contributed by atoms with E-state index in [1.165, 1.54) is 0 Å². The molecule has 1 heterocycles. The van der Waals surface area contributed by atoms with Crippen LogP contribution in [0.3, 0.4) is 0 Å². The van der Waals surface area contributed by atoms with Gasteiger partial charge in [-0.2, -0.15) is 0 Å². The predicted molar refractivity (Wildman–Crippen MR) is 78.3 cm³/mol. The van der Waals surface area contributed by atoms with Gasteiger partial charge in [0.25, 0.3) is 0 Å². The van der Waals surface area contributed by atoms with Crippen molar-refractivity contribution in [2.24, 2.45) is 0 Å². The molecule has 0 bridgehead atoms. The molecule has 0 aromatic heterocycles. The van der Waals surface area contributed by atoms with Gasteiger partial charge < -0.3 is 19.1 Å². The first-order chi connectivity index (χ1) is 9.44. The van der Waals surface area contributed by atoms with Crippen LogP contribution in [0, 0.1) is 0 Å². The van der Waals surface area contributed by atoms with E-state index in [-0.39, 0.29) is 12.1 Å². The molecule has 1 atom stereocenters. The predicted octanol–water partition coefficient (Wildman–Crippen LogP) is 2.66. The number of hydrogen-bond donors (Lipinski definition) is 0. The lowest BCUT2D eigenvalue weighted by Crippen LogP contribution is -2.41. The summed E-state index contributed by atoms with van der Waals surface area (Å²) in [6.07, 6.45) is 1.71. The maximum absolute atomic E-state index is 12.1. The van der Waals surface area contributed by atoms with Crippen molar-refractivity contribution in [3.05, 3.63) is 0 Å². The van der Waals surface area contributed by atoms with Gasteiger partial charge in [0.2, 0.25) is 0 Å². The number of ether oxygens (including phenoxy) is 3. The van der Waals surface area contributed by atoms with Crippen molar-refractivity contribution in [2.45, 2.75) is 45.3 Å². The number of hydrogen-bond acceptors (Lipinski definition) is 4. The average molecular weight is 308 g/mol. The van der Waals surface area contributed by atoms with E-state index in [2.05, 4.69) is 0 Å². The smallest absolute Gasteiger partial charge is 0.410 e. The van der Waals surface area contributed by atoms with Gasteiger partial charge in [-0.25, -0.2) is 4.79 Å². The highest BCUT2D eigenvalue weighted by molar-refractivity contribution is 6.17. The maximum atomic E-state index is 12.1. The van der Waals surface area contributed by atoms with E-state index < -0.39 is 5.60 Å². The zero-order valence-corrected chi connectivity index (χ0v) is 13.4. The first-order valence-corrected chi connectivity index (χ1v) is 7.68. The van der Waals surface area contributed by atoms with Gasteiger partial charge in [0.15, 0.2) is 0 Å². The third-order valence-electron chi connectivity index (χ3n) is 2.91. The molecular weight excluding hydrogens is 282 g/mol. The number of halogens is 1. The molecule has 1 saturated heterocycles. The Bertz CT molecular complexity index is 293. The molecule has 20 heavy (non-hydrogen) atoms. The van der Waals surface area contributed by atoms with Crippen LogP contribution in [0.1, 0.15) is 33.6 Å². The molecule has 6 heteroatoms. The molecule has 0 radical (unpaired) electrons. The van der Waals surface area contributed by atoms with E-state index in [0.717, 1.165) is 19.4 Å². The molecule has 1 rings (SSSR count). The summed E-state index contributed by atoms with van der Waals surface area (Å²) in [7, 11) is 0. The van der Waals surface area contributed by atoms with Crippen LogP contribution >= 0.6 is 11.6 Å². The summed E-state index contributed by atoms with van der Waals surface area (Å²) in [6, 6.07) is 0.109. The number of likely N-dealkylation sites (tertiary alicyclic amines) is 1. The molecule has 0 aromatic rings. The average Bonchev–Trinajstić information content (AvgIpc) is 2.80. The van der Waals surface area contributed by atoms with E-state index in [0.29, 0.717) is 32.3 Å². The Morgan fingerprint density at radius 2 is 1.95 bits per heavy atom. The Morgan fingerprint density at radius 1 is 1.25 bits per heavy atom. The Labute approximate surface area is 126 Å². The monoisotopic (exact) mass is 307 g/mol. The Morgan fingerprint density at radius 3 is 2.60 bits per heavy atom. The van der Waals surface area contributed by atoms with Crippen molar-refractivity contribution in [3.63, 3.8) is 0 Å². The number of amides is 1. The van der Waals surface area contributed by atoms with E-state index in [9.17, 15) is 4.79 Å². The zero-order valence-electron chi connectivity index (χ0n) is 12.7. The summed E-state index contributed by atoms with van der Waals surface area (Å²) >= 11 is 5.50. The molecule has 1 unspecified atom stereocenters. The molecule has 1 fully saturated rings. The largest absolute Gasteiger partial charge is 0.444 e. The molecule has 1 aliphatic rings. The highest BCUT2D eigenvalue weighted by atomic mass is 35.5. The maximum Gasteiger partial charge on any atom is 0.410 e. The molecule has 118 valence electrons. The van der Waals surface area contributed by atoms with E-state index in [4.69, 9.17) is 25.8 Å². The molecule has 1 aliphatic heterocycles. The van der Waals surface area contributed by atoms with Crippen LogP contribution in [0.4, 0.5) is 4.79 Å². The number of rotatable bonds is 7. The van der Waals surface area contributed by atoms with Gasteiger partial charge in [-0.3, -0.25) is 0 Å². The fourth-order valence-corrected chi connectivity index (χ4v) is 2.17. The third-order valence-corrected chi connectivity index (χ3v) is 3.06. The van der Waals surface area contributed by atoms with E-state index >= 15 is 0 Å². The molecule has 0 N–H and O–H groups in total. The van der Waals surface area contributed by atoms with Gasteiger partial charge in [0.05, 0.1) is 32.5 Å². The fraction of sp³-hybridized carbons (Fsp3) is 0.929. The van der Waals surface area contributed by atoms with Gasteiger partial charge in [0.1, 0.15) is 5.60 Å². The van der Waals surface area contributed by atoms with Crippen LogP contribution in [0.25, 0.3) is 0 Å². The van der Waals surface area contributed by atoms with E-state index in [1.54, 1.807) is 4.90 Å². The number of alkyl halides is 1. The lowest BCUT2D eigenvalue weighted by molar-refractivity contribution is 0.00264. The van der Waals surface area contributed by atoms with Crippen molar-refractivity contribution in [1.29, 1.82) is 0 Å². The second kappa shape index (κ2) is 8.70. The first-order valence-electron chi connectivity index (χ1n) is 7.15. The standard InChI is InChI=1S/C14H26ClNO4/c1-14(2,3)20-13(17)16-7-4-5-12(16)11-19-10-9-18-8-6-15/h12H,4-11H2,1-3H3. The first kappa shape index (κ1) is 17.5. The zero-order chi connectivity index (χ0) is 15.0. The van der Waals surface area contributed by atoms with Gasteiger partial charge in [-0.15, -0.1) is 11.6 Å². The number of carbonyl (C=O) groups is 1. The molecule has 0 spiro atoms. The Balaban J connectivity index is 2.25. The van der Waals surface area contributed by atoms with Crippen molar-refractivity contribution in [3.8, 4) is 0 Å². The fourth-order valence-electron chi connectivity index (χ4n) is 2.06. The SMILES string of the molecule is CC(C)(C)OC(=O)N1CCCC1COCCOCCCl. The van der Waals surface area contributed by atoms with Crippen LogP contribution in [-0.4, -0.2) is 61.5 Å². The number of nitrogens with zero attached hydrogens (tertiary/aromatic N) is 1. The lowest BCUT2D eigenvalue weighted by Gasteiger charge is -2.28. The second-order valence-corrected chi connectivity index (χ2v) is 6.22. The summed E-state index contributed by atoms with van der Waals surface area (Å²) in [5.74, 6) is 0.495. The molecular formula is C14H26ClNO4. The highest BCUT2D eigenvalue weighted by Gasteiger charge is 2.32. The summed E-state index contributed by atoms with van der Waals surface area (Å²) in [5, 5.41) is 0. The van der Waals surface area contributed by atoms with Crippen LogP contribution in [0.15, 0.2) is 0 Å². The van der Waals surface area contributed by atoms with Gasteiger partial charge in [-0.05, 0) is 33.6 Å². The molecule has 0 aliphatic carbocycles. The second-order valence-electron chi connectivity index (χ2n) is 5.85. The minimum atomic E-state index is -0.458. The molecule has 0 aromatic carbocycles. The molecule has 0 saturated carbocycles. The third kappa shape index (κ3) is 6.77. The minimum absolute atomic E-state index is 0.109. The normalized spacial score (nSPS) is 19.4. The van der Waals surface area contributed by atoms with Crippen molar-refractivity contribution >= 4 is 17.7 Å². The Hall–Kier alpha value is -0.520. The lowest BCUT2D eigenvalue weighted by atomic mass is 10.2.